The number of nitrogens with two attached hydrogens (primary N) is 1. The van der Waals surface area contributed by atoms with Crippen molar-refractivity contribution in [2.45, 2.75) is 31.9 Å². The zero-order valence-electron chi connectivity index (χ0n) is 13.7. The van der Waals surface area contributed by atoms with Gasteiger partial charge < -0.3 is 20.9 Å². The third-order valence-electron chi connectivity index (χ3n) is 2.96. The molecule has 0 spiro atoms. The number of carboxylic acid groups (broad SMARTS) is 1. The van der Waals surface area contributed by atoms with E-state index in [9.17, 15) is 24.3 Å². The third-order valence-corrected chi connectivity index (χ3v) is 2.96. The summed E-state index contributed by atoms with van der Waals surface area (Å²) < 4.78 is 4.93. The third kappa shape index (κ3) is 4.63. The standard InChI is InChI=1S/C16H20N2O6/c1-15(2,3)24-14(23)18-9-11(19)16(17,13(21)22)12(20)10-7-5-4-6-8-10/h4-8H,9,17H2,1-3H3,(H,18,23)(H,21,22). The Hall–Kier alpha value is -2.74. The van der Waals surface area contributed by atoms with Crippen LogP contribution in [0.5, 0.6) is 0 Å². The lowest BCUT2D eigenvalue weighted by molar-refractivity contribution is -0.145. The van der Waals surface area contributed by atoms with E-state index in [1.165, 1.54) is 24.3 Å². The predicted octanol–water partition coefficient (Wildman–Crippen LogP) is 0.745. The van der Waals surface area contributed by atoms with Gasteiger partial charge in [0, 0.05) is 5.56 Å². The van der Waals surface area contributed by atoms with E-state index in [-0.39, 0.29) is 5.56 Å². The zero-order chi connectivity index (χ0) is 18.5. The monoisotopic (exact) mass is 336 g/mol. The molecule has 8 nitrogen and oxygen atoms in total. The molecule has 4 N–H and O–H groups in total. The number of amides is 1. The van der Waals surface area contributed by atoms with Crippen molar-refractivity contribution < 1.29 is 29.0 Å². The van der Waals surface area contributed by atoms with Gasteiger partial charge in [0.1, 0.15) is 5.60 Å². The molecule has 0 aromatic heterocycles. The molecule has 0 aliphatic heterocycles. The molecule has 1 aromatic carbocycles. The molecule has 1 amide bonds. The van der Waals surface area contributed by atoms with E-state index >= 15 is 0 Å². The molecule has 130 valence electrons. The molecule has 0 saturated carbocycles. The molecule has 0 radical (unpaired) electrons. The summed E-state index contributed by atoms with van der Waals surface area (Å²) in [6.45, 7) is 4.11. The number of ether oxygens (including phenoxy) is 1. The van der Waals surface area contributed by atoms with Gasteiger partial charge in [-0.15, -0.1) is 0 Å². The minimum Gasteiger partial charge on any atom is -0.479 e. The zero-order valence-corrected chi connectivity index (χ0v) is 13.7. The lowest BCUT2D eigenvalue weighted by Crippen LogP contribution is -2.63. The minimum atomic E-state index is -2.80. The first-order chi connectivity index (χ1) is 11.0. The first-order valence-corrected chi connectivity index (χ1v) is 7.10. The van der Waals surface area contributed by atoms with Gasteiger partial charge in [0.25, 0.3) is 0 Å². The van der Waals surface area contributed by atoms with Crippen LogP contribution in [0.15, 0.2) is 30.3 Å². The van der Waals surface area contributed by atoms with Gasteiger partial charge >= 0.3 is 12.1 Å². The predicted molar refractivity (Wildman–Crippen MR) is 84.6 cm³/mol. The molecule has 0 saturated heterocycles. The highest BCUT2D eigenvalue weighted by atomic mass is 16.6. The van der Waals surface area contributed by atoms with Crippen LogP contribution >= 0.6 is 0 Å². The Balaban J connectivity index is 2.91. The van der Waals surface area contributed by atoms with Crippen molar-refractivity contribution in [1.29, 1.82) is 0 Å². The second kappa shape index (κ2) is 7.22. The fourth-order valence-electron chi connectivity index (χ4n) is 1.77. The molecule has 1 rings (SSSR count). The van der Waals surface area contributed by atoms with Crippen molar-refractivity contribution in [3.63, 3.8) is 0 Å². The molecule has 0 aliphatic rings. The van der Waals surface area contributed by atoms with Crippen LogP contribution in [0.3, 0.4) is 0 Å². The number of hydrogen-bond donors (Lipinski definition) is 3. The Labute approximate surface area is 139 Å². The van der Waals surface area contributed by atoms with E-state index in [0.717, 1.165) is 0 Å². The molecule has 1 aromatic rings. The molecule has 0 bridgehead atoms. The van der Waals surface area contributed by atoms with Crippen LogP contribution in [-0.2, 0) is 14.3 Å². The molecule has 1 unspecified atom stereocenters. The van der Waals surface area contributed by atoms with Crippen LogP contribution in [0.1, 0.15) is 31.1 Å². The molecule has 0 fully saturated rings. The maximum atomic E-state index is 12.4. The van der Waals surface area contributed by atoms with E-state index in [1.807, 2.05) is 0 Å². The van der Waals surface area contributed by atoms with Crippen LogP contribution in [0.4, 0.5) is 4.79 Å². The fourth-order valence-corrected chi connectivity index (χ4v) is 1.77. The Bertz CT molecular complexity index is 650. The second-order valence-corrected chi connectivity index (χ2v) is 6.09. The highest BCUT2D eigenvalue weighted by Crippen LogP contribution is 2.14. The number of aliphatic carboxylic acids is 1. The highest BCUT2D eigenvalue weighted by molar-refractivity contribution is 6.31. The normalized spacial score (nSPS) is 13.5. The molecule has 0 aliphatic carbocycles. The van der Waals surface area contributed by atoms with E-state index in [0.29, 0.717) is 0 Å². The summed E-state index contributed by atoms with van der Waals surface area (Å²) in [5.74, 6) is -4.02. The van der Waals surface area contributed by atoms with Gasteiger partial charge in [-0.25, -0.2) is 9.59 Å². The van der Waals surface area contributed by atoms with Crippen LogP contribution in [-0.4, -0.2) is 46.4 Å². The van der Waals surface area contributed by atoms with E-state index < -0.39 is 41.3 Å². The van der Waals surface area contributed by atoms with Gasteiger partial charge in [-0.2, -0.15) is 0 Å². The smallest absolute Gasteiger partial charge is 0.408 e. The topological polar surface area (TPSA) is 136 Å². The number of rotatable bonds is 6. The SMILES string of the molecule is CC(C)(C)OC(=O)NCC(=O)C(N)(C(=O)O)C(=O)c1ccccc1. The van der Waals surface area contributed by atoms with E-state index in [4.69, 9.17) is 10.5 Å². The summed E-state index contributed by atoms with van der Waals surface area (Å²) in [5, 5.41) is 11.4. The van der Waals surface area contributed by atoms with Gasteiger partial charge in [-0.3, -0.25) is 9.59 Å². The lowest BCUT2D eigenvalue weighted by Gasteiger charge is -2.23. The van der Waals surface area contributed by atoms with Gasteiger partial charge in [0.05, 0.1) is 6.54 Å². The Morgan fingerprint density at radius 2 is 1.67 bits per heavy atom. The van der Waals surface area contributed by atoms with Crippen molar-refractivity contribution in [3.05, 3.63) is 35.9 Å². The van der Waals surface area contributed by atoms with Crippen molar-refractivity contribution in [2.75, 3.05) is 6.54 Å². The fraction of sp³-hybridized carbons (Fsp3) is 0.375. The number of carbonyl (C=O) groups excluding carboxylic acids is 3. The summed E-state index contributed by atoms with van der Waals surface area (Å²) >= 11 is 0. The summed E-state index contributed by atoms with van der Waals surface area (Å²) in [7, 11) is 0. The highest BCUT2D eigenvalue weighted by Gasteiger charge is 2.49. The number of carboxylic acids is 1. The molecule has 8 heteroatoms. The molecular formula is C16H20N2O6. The average Bonchev–Trinajstić information content (AvgIpc) is 2.50. The van der Waals surface area contributed by atoms with E-state index in [2.05, 4.69) is 5.32 Å². The van der Waals surface area contributed by atoms with Crippen molar-refractivity contribution >= 4 is 23.6 Å². The number of hydrogen-bond acceptors (Lipinski definition) is 6. The van der Waals surface area contributed by atoms with Crippen LogP contribution in [0.25, 0.3) is 0 Å². The number of nitrogens with one attached hydrogen (secondary N) is 1. The number of Topliss-reactive ketones (excluding diaryl/α,β-unsaturated/α-hetero) is 2. The Morgan fingerprint density at radius 3 is 2.12 bits per heavy atom. The average molecular weight is 336 g/mol. The molecular weight excluding hydrogens is 316 g/mol. The Morgan fingerprint density at radius 1 is 1.12 bits per heavy atom. The largest absolute Gasteiger partial charge is 0.479 e. The van der Waals surface area contributed by atoms with E-state index in [1.54, 1.807) is 26.8 Å². The van der Waals surface area contributed by atoms with Crippen molar-refractivity contribution in [1.82, 2.24) is 5.32 Å². The van der Waals surface area contributed by atoms with Gasteiger partial charge in [0.15, 0.2) is 5.78 Å². The summed E-state index contributed by atoms with van der Waals surface area (Å²) in [6.07, 6.45) is -0.921. The number of ketones is 2. The maximum Gasteiger partial charge on any atom is 0.408 e. The van der Waals surface area contributed by atoms with Gasteiger partial charge in [-0.05, 0) is 20.8 Å². The van der Waals surface area contributed by atoms with Gasteiger partial charge in [-0.1, -0.05) is 30.3 Å². The number of benzene rings is 1. The van der Waals surface area contributed by atoms with Gasteiger partial charge in [0.2, 0.25) is 11.3 Å². The number of alkyl carbamates (subject to hydrolysis) is 1. The molecule has 1 atom stereocenters. The number of carbonyl (C=O) groups is 4. The van der Waals surface area contributed by atoms with Crippen LogP contribution in [0, 0.1) is 0 Å². The van der Waals surface area contributed by atoms with Crippen LogP contribution < -0.4 is 11.1 Å². The molecule has 0 heterocycles. The summed E-state index contributed by atoms with van der Waals surface area (Å²) in [5.41, 5.74) is 1.97. The van der Waals surface area contributed by atoms with Crippen LogP contribution in [0.2, 0.25) is 0 Å². The summed E-state index contributed by atoms with van der Waals surface area (Å²) in [4.78, 5) is 47.5. The van der Waals surface area contributed by atoms with Crippen molar-refractivity contribution in [2.24, 2.45) is 5.73 Å². The quantitative estimate of drug-likeness (QED) is 0.515. The first kappa shape index (κ1) is 19.3. The first-order valence-electron chi connectivity index (χ1n) is 7.10. The molecule has 24 heavy (non-hydrogen) atoms. The second-order valence-electron chi connectivity index (χ2n) is 6.09. The minimum absolute atomic E-state index is 0.0204. The lowest BCUT2D eigenvalue weighted by atomic mass is 9.86. The van der Waals surface area contributed by atoms with Crippen molar-refractivity contribution in [3.8, 4) is 0 Å². The maximum absolute atomic E-state index is 12.4. The summed E-state index contributed by atoms with van der Waals surface area (Å²) in [6, 6.07) is 7.35. The Kier molecular flexibility index (Phi) is 5.81.